The molecule has 1 fully saturated rings. The largest absolute Gasteiger partial charge is 0.459 e. The Morgan fingerprint density at radius 3 is 1.97 bits per heavy atom. The van der Waals surface area contributed by atoms with Gasteiger partial charge in [0, 0.05) is 51.3 Å². The zero-order chi connectivity index (χ0) is 22.9. The zero-order valence-electron chi connectivity index (χ0n) is 18.6. The molecule has 0 aromatic rings. The van der Waals surface area contributed by atoms with E-state index >= 15 is 0 Å². The van der Waals surface area contributed by atoms with Gasteiger partial charge in [0.2, 0.25) is 5.91 Å². The minimum absolute atomic E-state index is 0.0569. The monoisotopic (exact) mass is 439 g/mol. The molecule has 2 aliphatic heterocycles. The van der Waals surface area contributed by atoms with E-state index in [2.05, 4.69) is 0 Å². The quantitative estimate of drug-likeness (QED) is 0.429. The average molecular weight is 440 g/mol. The molecule has 2 rings (SSSR count). The normalized spacial score (nSPS) is 19.8. The molecule has 2 heterocycles. The summed E-state index contributed by atoms with van der Waals surface area (Å²) in [5.74, 6) is -1.24. The van der Waals surface area contributed by atoms with E-state index in [-0.39, 0.29) is 31.4 Å². The Bertz CT molecular complexity index is 655. The average Bonchev–Trinajstić information content (AvgIpc) is 2.98. The molecule has 0 bridgehead atoms. The molecule has 0 aromatic carbocycles. The number of hydrogen-bond donors (Lipinski definition) is 0. The van der Waals surface area contributed by atoms with E-state index in [1.807, 2.05) is 25.7 Å². The second-order valence-electron chi connectivity index (χ2n) is 8.38. The number of esters is 1. The van der Waals surface area contributed by atoms with Crippen molar-refractivity contribution in [2.75, 3.05) is 65.7 Å². The van der Waals surface area contributed by atoms with Crippen LogP contribution in [0.4, 0.5) is 0 Å². The molecule has 10 nitrogen and oxygen atoms in total. The van der Waals surface area contributed by atoms with Crippen molar-refractivity contribution >= 4 is 23.7 Å². The highest BCUT2D eigenvalue weighted by molar-refractivity contribution is 6.13. The summed E-state index contributed by atoms with van der Waals surface area (Å²) in [6.45, 7) is 9.08. The second-order valence-corrected chi connectivity index (χ2v) is 8.38. The first-order valence-electron chi connectivity index (χ1n) is 10.6. The van der Waals surface area contributed by atoms with Gasteiger partial charge in [0.05, 0.1) is 33.0 Å². The van der Waals surface area contributed by atoms with Crippen LogP contribution in [0.2, 0.25) is 0 Å². The van der Waals surface area contributed by atoms with Crippen molar-refractivity contribution in [3.8, 4) is 0 Å². The SMILES string of the molecule is CC(C)(C)OC(=O)CN1CCOCCN(C(=O)CCN2C(=O)C=CC2=O)CCOCC1. The number of carbonyl (C=O) groups is 4. The molecule has 10 heteroatoms. The molecular formula is C21H33N3O7. The van der Waals surface area contributed by atoms with E-state index in [0.29, 0.717) is 52.6 Å². The van der Waals surface area contributed by atoms with Gasteiger partial charge in [-0.3, -0.25) is 29.0 Å². The number of nitrogens with zero attached hydrogens (tertiary/aromatic N) is 3. The molecule has 31 heavy (non-hydrogen) atoms. The maximum Gasteiger partial charge on any atom is 0.320 e. The van der Waals surface area contributed by atoms with E-state index in [1.54, 1.807) is 4.90 Å². The summed E-state index contributed by atoms with van der Waals surface area (Å²) in [6, 6.07) is 0. The molecule has 0 atom stereocenters. The summed E-state index contributed by atoms with van der Waals surface area (Å²) < 4.78 is 16.7. The van der Waals surface area contributed by atoms with Gasteiger partial charge in [-0.1, -0.05) is 0 Å². The first-order valence-corrected chi connectivity index (χ1v) is 10.6. The summed E-state index contributed by atoms with van der Waals surface area (Å²) in [5, 5.41) is 0. The van der Waals surface area contributed by atoms with Crippen LogP contribution in [0.1, 0.15) is 27.2 Å². The van der Waals surface area contributed by atoms with E-state index < -0.39 is 17.4 Å². The summed E-state index contributed by atoms with van der Waals surface area (Å²) in [7, 11) is 0. The minimum atomic E-state index is -0.529. The number of amides is 3. The zero-order valence-corrected chi connectivity index (χ0v) is 18.6. The van der Waals surface area contributed by atoms with Gasteiger partial charge in [0.15, 0.2) is 0 Å². The highest BCUT2D eigenvalue weighted by Crippen LogP contribution is 2.08. The third-order valence-corrected chi connectivity index (χ3v) is 4.69. The van der Waals surface area contributed by atoms with Crippen LogP contribution >= 0.6 is 0 Å². The van der Waals surface area contributed by atoms with Crippen LogP contribution < -0.4 is 0 Å². The van der Waals surface area contributed by atoms with Crippen molar-refractivity contribution in [1.82, 2.24) is 14.7 Å². The number of rotatable bonds is 5. The van der Waals surface area contributed by atoms with Gasteiger partial charge < -0.3 is 19.1 Å². The fraction of sp³-hybridized carbons (Fsp3) is 0.714. The second kappa shape index (κ2) is 11.9. The first kappa shape index (κ1) is 25.0. The molecule has 0 aromatic heterocycles. The predicted octanol–water partition coefficient (Wildman–Crippen LogP) is -0.179. The Morgan fingerprint density at radius 1 is 0.935 bits per heavy atom. The van der Waals surface area contributed by atoms with Crippen LogP contribution in [0.3, 0.4) is 0 Å². The molecule has 0 radical (unpaired) electrons. The molecule has 3 amide bonds. The van der Waals surface area contributed by atoms with Crippen molar-refractivity contribution in [3.05, 3.63) is 12.2 Å². The van der Waals surface area contributed by atoms with E-state index in [9.17, 15) is 19.2 Å². The van der Waals surface area contributed by atoms with Crippen molar-refractivity contribution < 1.29 is 33.4 Å². The molecule has 0 saturated carbocycles. The van der Waals surface area contributed by atoms with Gasteiger partial charge >= 0.3 is 5.97 Å². The van der Waals surface area contributed by atoms with Crippen LogP contribution in [0.5, 0.6) is 0 Å². The Labute approximate surface area is 183 Å². The summed E-state index contributed by atoms with van der Waals surface area (Å²) in [4.78, 5) is 52.5. The third-order valence-electron chi connectivity index (χ3n) is 4.69. The highest BCUT2D eigenvalue weighted by atomic mass is 16.6. The summed E-state index contributed by atoms with van der Waals surface area (Å²) in [6.07, 6.45) is 2.47. The molecular weight excluding hydrogens is 406 g/mol. The van der Waals surface area contributed by atoms with Gasteiger partial charge in [0.25, 0.3) is 11.8 Å². The van der Waals surface area contributed by atoms with Crippen molar-refractivity contribution in [2.45, 2.75) is 32.8 Å². The maximum atomic E-state index is 12.6. The van der Waals surface area contributed by atoms with Crippen molar-refractivity contribution in [2.24, 2.45) is 0 Å². The summed E-state index contributed by atoms with van der Waals surface area (Å²) in [5.41, 5.74) is -0.529. The fourth-order valence-corrected chi connectivity index (χ4v) is 3.15. The number of ether oxygens (including phenoxy) is 3. The van der Waals surface area contributed by atoms with Crippen LogP contribution in [0, 0.1) is 0 Å². The number of carbonyl (C=O) groups excluding carboxylic acids is 4. The molecule has 1 saturated heterocycles. The molecule has 2 aliphatic rings. The standard InChI is InChI=1S/C21H33N3O7/c1-21(2,3)31-20(28)16-22-8-12-29-14-10-23(11-15-30-13-9-22)17(25)6-7-24-18(26)4-5-19(24)27/h4-5H,6-16H2,1-3H3. The van der Waals surface area contributed by atoms with E-state index in [4.69, 9.17) is 14.2 Å². The summed E-state index contributed by atoms with van der Waals surface area (Å²) >= 11 is 0. The van der Waals surface area contributed by atoms with E-state index in [1.165, 1.54) is 12.2 Å². The predicted molar refractivity (Wildman–Crippen MR) is 111 cm³/mol. The van der Waals surface area contributed by atoms with Crippen molar-refractivity contribution in [1.29, 1.82) is 0 Å². The van der Waals surface area contributed by atoms with Gasteiger partial charge in [-0.15, -0.1) is 0 Å². The number of imide groups is 1. The third kappa shape index (κ3) is 9.16. The van der Waals surface area contributed by atoms with Crippen LogP contribution in [-0.4, -0.2) is 110 Å². The van der Waals surface area contributed by atoms with Crippen LogP contribution in [-0.2, 0) is 33.4 Å². The topological polar surface area (TPSA) is 106 Å². The Balaban J connectivity index is 1.77. The lowest BCUT2D eigenvalue weighted by atomic mass is 10.2. The molecule has 0 spiro atoms. The smallest absolute Gasteiger partial charge is 0.320 e. The molecule has 0 aliphatic carbocycles. The van der Waals surface area contributed by atoms with Gasteiger partial charge in [-0.25, -0.2) is 0 Å². The number of hydrogen-bond acceptors (Lipinski definition) is 8. The van der Waals surface area contributed by atoms with Crippen LogP contribution in [0.15, 0.2) is 12.2 Å². The lowest BCUT2D eigenvalue weighted by Crippen LogP contribution is -2.42. The Hall–Kier alpha value is -2.30. The van der Waals surface area contributed by atoms with E-state index in [0.717, 1.165) is 4.90 Å². The minimum Gasteiger partial charge on any atom is -0.459 e. The lowest BCUT2D eigenvalue weighted by Gasteiger charge is -2.27. The maximum absolute atomic E-state index is 12.6. The van der Waals surface area contributed by atoms with Gasteiger partial charge in [0.1, 0.15) is 5.60 Å². The van der Waals surface area contributed by atoms with Gasteiger partial charge in [-0.05, 0) is 20.8 Å². The van der Waals surface area contributed by atoms with Crippen LogP contribution in [0.25, 0.3) is 0 Å². The molecule has 0 N–H and O–H groups in total. The van der Waals surface area contributed by atoms with Gasteiger partial charge in [-0.2, -0.15) is 0 Å². The molecule has 0 unspecified atom stereocenters. The Kier molecular flexibility index (Phi) is 9.60. The molecule has 174 valence electrons. The lowest BCUT2D eigenvalue weighted by molar-refractivity contribution is -0.156. The highest BCUT2D eigenvalue weighted by Gasteiger charge is 2.25. The Morgan fingerprint density at radius 2 is 1.45 bits per heavy atom. The van der Waals surface area contributed by atoms with Crippen molar-refractivity contribution in [3.63, 3.8) is 0 Å². The fourth-order valence-electron chi connectivity index (χ4n) is 3.15. The first-order chi connectivity index (χ1) is 14.7.